The van der Waals surface area contributed by atoms with Crippen LogP contribution in [0, 0.1) is 0 Å². The largest absolute Gasteiger partial charge is 0.310 e. The molecule has 2 aliphatic rings. The fourth-order valence-electron chi connectivity index (χ4n) is 2.21. The van der Waals surface area contributed by atoms with Crippen molar-refractivity contribution >= 4 is 21.6 Å². The van der Waals surface area contributed by atoms with Crippen LogP contribution in [0.25, 0.3) is 0 Å². The molecule has 0 bridgehead atoms. The average Bonchev–Trinajstić information content (AvgIpc) is 3.17. The number of rotatable bonds is 6. The molecule has 1 aromatic carbocycles. The third-order valence-electron chi connectivity index (χ3n) is 3.91. The smallest absolute Gasteiger partial charge is 0.240 e. The summed E-state index contributed by atoms with van der Waals surface area (Å²) in [6.45, 7) is 0.621. The van der Waals surface area contributed by atoms with Gasteiger partial charge in [0.15, 0.2) is 0 Å². The van der Waals surface area contributed by atoms with Gasteiger partial charge in [-0.15, -0.1) is 0 Å². The van der Waals surface area contributed by atoms with Gasteiger partial charge in [0, 0.05) is 23.7 Å². The molecule has 4 nitrogen and oxygen atoms in total. The lowest BCUT2D eigenvalue weighted by Crippen LogP contribution is -2.39. The van der Waals surface area contributed by atoms with Gasteiger partial charge in [0.25, 0.3) is 0 Å². The Morgan fingerprint density at radius 2 is 1.90 bits per heavy atom. The Morgan fingerprint density at radius 3 is 2.50 bits per heavy atom. The monoisotopic (exact) mass is 314 g/mol. The number of nitrogens with one attached hydrogen (secondary N) is 2. The third-order valence-corrected chi connectivity index (χ3v) is 5.80. The van der Waals surface area contributed by atoms with Crippen molar-refractivity contribution in [3.8, 4) is 0 Å². The number of sulfonamides is 1. The maximum absolute atomic E-state index is 12.3. The van der Waals surface area contributed by atoms with Crippen molar-refractivity contribution in [2.24, 2.45) is 0 Å². The van der Waals surface area contributed by atoms with Gasteiger partial charge in [0.2, 0.25) is 10.0 Å². The van der Waals surface area contributed by atoms with Crippen LogP contribution in [0.3, 0.4) is 0 Å². The molecule has 0 spiro atoms. The van der Waals surface area contributed by atoms with Gasteiger partial charge < -0.3 is 5.32 Å². The van der Waals surface area contributed by atoms with E-state index >= 15 is 0 Å². The molecule has 110 valence electrons. The van der Waals surface area contributed by atoms with E-state index in [1.807, 2.05) is 0 Å². The summed E-state index contributed by atoms with van der Waals surface area (Å²) in [6, 6.07) is 5.59. The summed E-state index contributed by atoms with van der Waals surface area (Å²) in [6.07, 6.45) is 5.36. The molecule has 20 heavy (non-hydrogen) atoms. The lowest BCUT2D eigenvalue weighted by atomic mass is 9.94. The molecular formula is C14H19ClN2O2S. The molecule has 0 aliphatic heterocycles. The molecule has 0 amide bonds. The van der Waals surface area contributed by atoms with Gasteiger partial charge in [-0.3, -0.25) is 0 Å². The van der Waals surface area contributed by atoms with Crippen LogP contribution in [-0.4, -0.2) is 20.5 Å². The van der Waals surface area contributed by atoms with E-state index in [9.17, 15) is 8.42 Å². The van der Waals surface area contributed by atoms with Crippen LogP contribution in [0.2, 0.25) is 5.02 Å². The standard InChI is InChI=1S/C14H19ClN2O2S/c15-14-7-6-13(8-10(14)9-16-11-4-5-11)20(18,19)17-12-2-1-3-12/h6-8,11-12,16-17H,1-5,9H2. The summed E-state index contributed by atoms with van der Waals surface area (Å²) in [7, 11) is -3.42. The van der Waals surface area contributed by atoms with Crippen molar-refractivity contribution < 1.29 is 8.42 Å². The highest BCUT2D eigenvalue weighted by atomic mass is 35.5. The second-order valence-electron chi connectivity index (χ2n) is 5.66. The van der Waals surface area contributed by atoms with Gasteiger partial charge in [-0.1, -0.05) is 18.0 Å². The zero-order valence-electron chi connectivity index (χ0n) is 11.2. The van der Waals surface area contributed by atoms with Crippen LogP contribution in [-0.2, 0) is 16.6 Å². The van der Waals surface area contributed by atoms with Crippen LogP contribution in [0.5, 0.6) is 0 Å². The molecule has 0 aromatic heterocycles. The van der Waals surface area contributed by atoms with Crippen LogP contribution < -0.4 is 10.0 Å². The lowest BCUT2D eigenvalue weighted by Gasteiger charge is -2.26. The van der Waals surface area contributed by atoms with Gasteiger partial charge in [0.1, 0.15) is 0 Å². The number of hydrogen-bond donors (Lipinski definition) is 2. The average molecular weight is 315 g/mol. The van der Waals surface area contributed by atoms with Crippen molar-refractivity contribution in [3.05, 3.63) is 28.8 Å². The molecule has 2 N–H and O–H groups in total. The molecular weight excluding hydrogens is 296 g/mol. The fraction of sp³-hybridized carbons (Fsp3) is 0.571. The Morgan fingerprint density at radius 1 is 1.15 bits per heavy atom. The van der Waals surface area contributed by atoms with E-state index in [0.717, 1.165) is 24.8 Å². The van der Waals surface area contributed by atoms with Crippen LogP contribution in [0.4, 0.5) is 0 Å². The Labute approximate surface area is 125 Å². The first kappa shape index (κ1) is 14.3. The topological polar surface area (TPSA) is 58.2 Å². The van der Waals surface area contributed by atoms with Gasteiger partial charge in [-0.05, 0) is 49.4 Å². The van der Waals surface area contributed by atoms with Gasteiger partial charge >= 0.3 is 0 Å². The SMILES string of the molecule is O=S(=O)(NC1CCC1)c1ccc(Cl)c(CNC2CC2)c1. The van der Waals surface area contributed by atoms with Gasteiger partial charge in [-0.25, -0.2) is 13.1 Å². The van der Waals surface area contributed by atoms with E-state index in [1.54, 1.807) is 18.2 Å². The zero-order chi connectivity index (χ0) is 14.2. The second-order valence-corrected chi connectivity index (χ2v) is 7.78. The fourth-order valence-corrected chi connectivity index (χ4v) is 3.75. The Bertz CT molecular complexity index is 595. The number of hydrogen-bond acceptors (Lipinski definition) is 3. The molecule has 2 fully saturated rings. The summed E-state index contributed by atoms with van der Waals surface area (Å²) in [4.78, 5) is 0.307. The highest BCUT2D eigenvalue weighted by molar-refractivity contribution is 7.89. The van der Waals surface area contributed by atoms with E-state index < -0.39 is 10.0 Å². The molecule has 0 atom stereocenters. The van der Waals surface area contributed by atoms with E-state index in [1.165, 1.54) is 12.8 Å². The predicted octanol–water partition coefficient (Wildman–Crippen LogP) is 2.42. The molecule has 0 radical (unpaired) electrons. The normalized spacial score (nSPS) is 19.9. The summed E-state index contributed by atoms with van der Waals surface area (Å²) in [5.41, 5.74) is 0.843. The lowest BCUT2D eigenvalue weighted by molar-refractivity contribution is 0.383. The second kappa shape index (κ2) is 5.64. The van der Waals surface area contributed by atoms with E-state index in [-0.39, 0.29) is 6.04 Å². The summed E-state index contributed by atoms with van der Waals surface area (Å²) >= 11 is 6.14. The third kappa shape index (κ3) is 3.34. The minimum absolute atomic E-state index is 0.101. The predicted molar refractivity (Wildman–Crippen MR) is 79.3 cm³/mol. The van der Waals surface area contributed by atoms with Crippen molar-refractivity contribution in [3.63, 3.8) is 0 Å². The quantitative estimate of drug-likeness (QED) is 0.848. The van der Waals surface area contributed by atoms with E-state index in [0.29, 0.717) is 22.5 Å². The van der Waals surface area contributed by atoms with E-state index in [4.69, 9.17) is 11.6 Å². The molecule has 0 heterocycles. The van der Waals surface area contributed by atoms with Gasteiger partial charge in [-0.2, -0.15) is 0 Å². The minimum atomic E-state index is -3.42. The van der Waals surface area contributed by atoms with Gasteiger partial charge in [0.05, 0.1) is 4.90 Å². The Balaban J connectivity index is 1.75. The molecule has 1 aromatic rings. The number of benzene rings is 1. The van der Waals surface area contributed by atoms with Crippen molar-refractivity contribution in [1.29, 1.82) is 0 Å². The van der Waals surface area contributed by atoms with E-state index in [2.05, 4.69) is 10.0 Å². The van der Waals surface area contributed by atoms with Crippen LogP contribution in [0.15, 0.2) is 23.1 Å². The maximum Gasteiger partial charge on any atom is 0.240 e. The van der Waals surface area contributed by atoms with Crippen molar-refractivity contribution in [2.45, 2.75) is 55.6 Å². The first-order valence-electron chi connectivity index (χ1n) is 7.09. The highest BCUT2D eigenvalue weighted by Gasteiger charge is 2.25. The Hall–Kier alpha value is -0.620. The molecule has 2 saturated carbocycles. The zero-order valence-corrected chi connectivity index (χ0v) is 12.8. The first-order chi connectivity index (χ1) is 9.54. The molecule has 2 aliphatic carbocycles. The summed E-state index contributed by atoms with van der Waals surface area (Å²) < 4.78 is 27.3. The van der Waals surface area contributed by atoms with Crippen molar-refractivity contribution in [1.82, 2.24) is 10.0 Å². The van der Waals surface area contributed by atoms with Crippen LogP contribution >= 0.6 is 11.6 Å². The van der Waals surface area contributed by atoms with Crippen LogP contribution in [0.1, 0.15) is 37.7 Å². The van der Waals surface area contributed by atoms with Crippen molar-refractivity contribution in [2.75, 3.05) is 0 Å². The summed E-state index contributed by atoms with van der Waals surface area (Å²) in [5, 5.41) is 3.97. The molecule has 3 rings (SSSR count). The maximum atomic E-state index is 12.3. The minimum Gasteiger partial charge on any atom is -0.310 e. The highest BCUT2D eigenvalue weighted by Crippen LogP contribution is 2.25. The summed E-state index contributed by atoms with van der Waals surface area (Å²) in [5.74, 6) is 0. The Kier molecular flexibility index (Phi) is 4.04. The molecule has 6 heteroatoms. The number of halogens is 1. The first-order valence-corrected chi connectivity index (χ1v) is 8.95. The molecule has 0 saturated heterocycles. The molecule has 0 unspecified atom stereocenters.